The molecule has 272 valence electrons. The maximum absolute atomic E-state index is 13.8. The predicted molar refractivity (Wildman–Crippen MR) is 206 cm³/mol. The van der Waals surface area contributed by atoms with E-state index in [9.17, 15) is 22.0 Å². The zero-order valence-electron chi connectivity index (χ0n) is 28.3. The summed E-state index contributed by atoms with van der Waals surface area (Å²) in [6, 6.07) is 15.7. The lowest BCUT2D eigenvalue weighted by molar-refractivity contribution is 0.621. The van der Waals surface area contributed by atoms with Crippen molar-refractivity contribution < 1.29 is 22.0 Å². The molecule has 8 aromatic rings. The Hall–Kier alpha value is -5.00. The fraction of sp³-hybridized carbons (Fsp3) is 0.0750. The van der Waals surface area contributed by atoms with Crippen molar-refractivity contribution in [3.8, 4) is 22.5 Å². The van der Waals surface area contributed by atoms with Crippen molar-refractivity contribution in [1.82, 2.24) is 24.9 Å². The molecule has 54 heavy (non-hydrogen) atoms. The second kappa shape index (κ2) is 16.2. The number of halogens is 9. The summed E-state index contributed by atoms with van der Waals surface area (Å²) in [5, 5.41) is 3.27. The normalized spacial score (nSPS) is 11.0. The van der Waals surface area contributed by atoms with Crippen molar-refractivity contribution in [2.75, 3.05) is 0 Å². The van der Waals surface area contributed by atoms with Gasteiger partial charge in [0.05, 0.1) is 60.8 Å². The van der Waals surface area contributed by atoms with E-state index in [0.717, 1.165) is 17.8 Å². The highest BCUT2D eigenvalue weighted by Gasteiger charge is 2.16. The van der Waals surface area contributed by atoms with Gasteiger partial charge in [-0.15, -0.1) is 0 Å². The van der Waals surface area contributed by atoms with Crippen molar-refractivity contribution >= 4 is 79.1 Å². The number of fused-ring (bicyclic) bond motifs is 3. The molecular weight excluding hydrogens is 787 g/mol. The SMILES string of the molecule is Cc1c(-c2cncc(F)c2)nc2cc(F)ccc2c1Cl.Cc1c(-c2cncc(F)c2)nc2cccc(F)c2c1Cl.Cc1c(Cl)nc2cc(F)ccc2c1Cl. The molecule has 0 fully saturated rings. The number of rotatable bonds is 2. The third-order valence-corrected chi connectivity index (χ3v) is 10.1. The minimum Gasteiger partial charge on any atom is -0.261 e. The van der Waals surface area contributed by atoms with Crippen molar-refractivity contribution in [2.45, 2.75) is 20.8 Å². The van der Waals surface area contributed by atoms with Gasteiger partial charge in [-0.3, -0.25) is 9.97 Å². The molecule has 0 radical (unpaired) electrons. The molecule has 0 amide bonds. The molecule has 0 saturated carbocycles. The zero-order chi connectivity index (χ0) is 38.8. The van der Waals surface area contributed by atoms with Crippen LogP contribution >= 0.6 is 46.4 Å². The highest BCUT2D eigenvalue weighted by atomic mass is 35.5. The number of hydrogen-bond donors (Lipinski definition) is 0. The van der Waals surface area contributed by atoms with Crippen LogP contribution in [0.25, 0.3) is 55.2 Å². The lowest BCUT2D eigenvalue weighted by atomic mass is 10.1. The minimum absolute atomic E-state index is 0.278. The highest BCUT2D eigenvalue weighted by Crippen LogP contribution is 2.35. The number of pyridine rings is 5. The molecule has 8 rings (SSSR count). The molecule has 0 bridgehead atoms. The van der Waals surface area contributed by atoms with E-state index in [0.29, 0.717) is 76.3 Å². The summed E-state index contributed by atoms with van der Waals surface area (Å²) in [6.07, 6.45) is 5.22. The first-order valence-corrected chi connectivity index (χ1v) is 17.4. The van der Waals surface area contributed by atoms with Gasteiger partial charge >= 0.3 is 0 Å². The monoisotopic (exact) mass is 809 g/mol. The Bertz CT molecular complexity index is 2680. The Balaban J connectivity index is 0.000000141. The smallest absolute Gasteiger partial charge is 0.142 e. The second-order valence-electron chi connectivity index (χ2n) is 11.9. The Morgan fingerprint density at radius 2 is 0.944 bits per heavy atom. The summed E-state index contributed by atoms with van der Waals surface area (Å²) in [6.45, 7) is 5.29. The van der Waals surface area contributed by atoms with Gasteiger partial charge in [0.1, 0.15) is 34.2 Å². The Kier molecular flexibility index (Phi) is 11.6. The number of hydrogen-bond acceptors (Lipinski definition) is 5. The van der Waals surface area contributed by atoms with Gasteiger partial charge in [0.25, 0.3) is 0 Å². The van der Waals surface area contributed by atoms with Crippen molar-refractivity contribution in [2.24, 2.45) is 0 Å². The lowest BCUT2D eigenvalue weighted by Gasteiger charge is -2.10. The number of benzene rings is 3. The van der Waals surface area contributed by atoms with E-state index in [-0.39, 0.29) is 16.2 Å². The number of nitrogens with zero attached hydrogens (tertiary/aromatic N) is 5. The van der Waals surface area contributed by atoms with Gasteiger partial charge in [-0.1, -0.05) is 52.5 Å². The molecule has 5 nitrogen and oxygen atoms in total. The first-order valence-electron chi connectivity index (χ1n) is 15.9. The van der Waals surface area contributed by atoms with Gasteiger partial charge in [-0.25, -0.2) is 36.9 Å². The Morgan fingerprint density at radius 3 is 1.48 bits per heavy atom. The molecule has 14 heteroatoms. The largest absolute Gasteiger partial charge is 0.261 e. The van der Waals surface area contributed by atoms with E-state index in [1.807, 2.05) is 0 Å². The molecule has 3 aromatic carbocycles. The van der Waals surface area contributed by atoms with Gasteiger partial charge < -0.3 is 0 Å². The van der Waals surface area contributed by atoms with Gasteiger partial charge in [0.2, 0.25) is 0 Å². The van der Waals surface area contributed by atoms with Gasteiger partial charge in [0.15, 0.2) is 0 Å². The van der Waals surface area contributed by atoms with Crippen molar-refractivity contribution in [1.29, 1.82) is 0 Å². The Labute approximate surface area is 325 Å². The molecule has 0 unspecified atom stereocenters. The quantitative estimate of drug-likeness (QED) is 0.129. The Morgan fingerprint density at radius 1 is 0.463 bits per heavy atom. The minimum atomic E-state index is -0.459. The van der Waals surface area contributed by atoms with E-state index < -0.39 is 23.3 Å². The standard InChI is InChI=1S/2C15H9ClF2N2.C10H6Cl2FN/c1-8-14(16)12-3-2-10(17)5-13(12)20-15(8)9-4-11(18)7-19-6-9;1-8-14(16)13-11(18)3-2-4-12(13)20-15(8)9-5-10(17)7-19-6-9;1-5-9(11)7-3-2-6(13)4-8(7)14-10(5)12/h2*2-7H,1H3;2-4H,1H3. The molecular formula is C40H24Cl4F5N5. The first-order chi connectivity index (χ1) is 25.7. The van der Waals surface area contributed by atoms with Crippen LogP contribution in [0.15, 0.2) is 91.5 Å². The molecule has 0 atom stereocenters. The van der Waals surface area contributed by atoms with Crippen molar-refractivity contribution in [3.05, 3.63) is 158 Å². The number of aromatic nitrogens is 5. The van der Waals surface area contributed by atoms with Crippen LogP contribution in [0.1, 0.15) is 16.7 Å². The fourth-order valence-corrected chi connectivity index (χ4v) is 6.53. The van der Waals surface area contributed by atoms with Crippen LogP contribution in [-0.4, -0.2) is 24.9 Å². The summed E-state index contributed by atoms with van der Waals surface area (Å²) in [4.78, 5) is 20.4. The molecule has 0 spiro atoms. The van der Waals surface area contributed by atoms with Crippen LogP contribution in [-0.2, 0) is 0 Å². The average Bonchev–Trinajstić information content (AvgIpc) is 3.14. The highest BCUT2D eigenvalue weighted by molar-refractivity contribution is 6.39. The summed E-state index contributed by atoms with van der Waals surface area (Å²) in [5.41, 5.74) is 5.37. The van der Waals surface area contributed by atoms with Gasteiger partial charge in [-0.2, -0.15) is 0 Å². The maximum Gasteiger partial charge on any atom is 0.142 e. The fourth-order valence-electron chi connectivity index (χ4n) is 5.52. The van der Waals surface area contributed by atoms with E-state index in [1.165, 1.54) is 54.9 Å². The molecule has 0 aliphatic rings. The van der Waals surface area contributed by atoms with Crippen LogP contribution < -0.4 is 0 Å². The third-order valence-electron chi connectivity index (χ3n) is 8.25. The van der Waals surface area contributed by atoms with Crippen LogP contribution in [0.5, 0.6) is 0 Å². The molecule has 0 aliphatic carbocycles. The van der Waals surface area contributed by atoms with E-state index in [2.05, 4.69) is 24.9 Å². The van der Waals surface area contributed by atoms with Crippen LogP contribution in [0.3, 0.4) is 0 Å². The van der Waals surface area contributed by atoms with Crippen LogP contribution in [0.2, 0.25) is 20.2 Å². The first kappa shape index (κ1) is 38.7. The third kappa shape index (κ3) is 8.07. The average molecular weight is 811 g/mol. The second-order valence-corrected chi connectivity index (χ2v) is 13.4. The summed E-state index contributed by atoms with van der Waals surface area (Å²) in [7, 11) is 0. The lowest BCUT2D eigenvalue weighted by Crippen LogP contribution is -1.95. The molecule has 5 aromatic heterocycles. The maximum atomic E-state index is 13.8. The molecule has 0 aliphatic heterocycles. The predicted octanol–water partition coefficient (Wildman–Crippen LogP) is 13.1. The molecule has 0 saturated heterocycles. The van der Waals surface area contributed by atoms with Crippen LogP contribution in [0.4, 0.5) is 22.0 Å². The molecule has 5 heterocycles. The zero-order valence-corrected chi connectivity index (χ0v) is 31.3. The van der Waals surface area contributed by atoms with Gasteiger partial charge in [-0.05, 0) is 80.4 Å². The topological polar surface area (TPSA) is 64.5 Å². The van der Waals surface area contributed by atoms with Crippen LogP contribution in [0, 0.1) is 49.9 Å². The summed E-state index contributed by atoms with van der Waals surface area (Å²) >= 11 is 24.4. The summed E-state index contributed by atoms with van der Waals surface area (Å²) < 4.78 is 66.6. The summed E-state index contributed by atoms with van der Waals surface area (Å²) in [5.74, 6) is -2.08. The molecule has 0 N–H and O–H groups in total. The van der Waals surface area contributed by atoms with Gasteiger partial charge in [0, 0.05) is 52.0 Å². The van der Waals surface area contributed by atoms with Crippen molar-refractivity contribution in [3.63, 3.8) is 0 Å². The van der Waals surface area contributed by atoms with E-state index in [1.54, 1.807) is 45.0 Å². The van der Waals surface area contributed by atoms with E-state index in [4.69, 9.17) is 46.4 Å². The van der Waals surface area contributed by atoms with E-state index >= 15 is 0 Å².